The summed E-state index contributed by atoms with van der Waals surface area (Å²) in [6.07, 6.45) is 1.85. The molecule has 6 heteroatoms. The Kier molecular flexibility index (Phi) is 5.50. The number of hydrogen-bond acceptors (Lipinski definition) is 5. The van der Waals surface area contributed by atoms with Gasteiger partial charge in [0.15, 0.2) is 0 Å². The number of aryl methyl sites for hydroxylation is 1. The second-order valence-electron chi connectivity index (χ2n) is 8.28. The lowest BCUT2D eigenvalue weighted by Crippen LogP contribution is -2.46. The predicted molar refractivity (Wildman–Crippen MR) is 132 cm³/mol. The van der Waals surface area contributed by atoms with Crippen molar-refractivity contribution in [1.82, 2.24) is 9.97 Å². The molecule has 162 valence electrons. The van der Waals surface area contributed by atoms with E-state index in [1.54, 1.807) is 0 Å². The zero-order chi connectivity index (χ0) is 21.9. The fourth-order valence-corrected chi connectivity index (χ4v) is 4.22. The van der Waals surface area contributed by atoms with E-state index in [-0.39, 0.29) is 5.56 Å². The number of piperazine rings is 1. The van der Waals surface area contributed by atoms with Gasteiger partial charge in [0.05, 0.1) is 0 Å². The molecule has 0 atom stereocenters. The first kappa shape index (κ1) is 20.1. The van der Waals surface area contributed by atoms with Crippen LogP contribution in [0, 0.1) is 6.92 Å². The highest BCUT2D eigenvalue weighted by molar-refractivity contribution is 5.79. The Bertz CT molecular complexity index is 1260. The Morgan fingerprint density at radius 1 is 0.938 bits per heavy atom. The fourth-order valence-electron chi connectivity index (χ4n) is 4.22. The smallest absolute Gasteiger partial charge is 0.253 e. The zero-order valence-corrected chi connectivity index (χ0v) is 18.2. The first-order valence-corrected chi connectivity index (χ1v) is 11.0. The van der Waals surface area contributed by atoms with Gasteiger partial charge in [0.25, 0.3) is 5.56 Å². The van der Waals surface area contributed by atoms with Crippen LogP contribution in [-0.2, 0) is 6.54 Å². The number of H-pyrrole nitrogens is 1. The number of nitrogens with zero attached hydrogens (tertiary/aromatic N) is 3. The van der Waals surface area contributed by atoms with Crippen LogP contribution >= 0.6 is 0 Å². The molecule has 2 aromatic carbocycles. The Morgan fingerprint density at radius 2 is 1.72 bits per heavy atom. The van der Waals surface area contributed by atoms with Crippen LogP contribution in [-0.4, -0.2) is 36.1 Å². The molecular weight excluding hydrogens is 398 g/mol. The molecule has 0 saturated carbocycles. The molecule has 1 aliphatic rings. The van der Waals surface area contributed by atoms with E-state index in [2.05, 4.69) is 68.4 Å². The highest BCUT2D eigenvalue weighted by atomic mass is 16.1. The lowest BCUT2D eigenvalue weighted by Gasteiger charge is -2.36. The highest BCUT2D eigenvalue weighted by Crippen LogP contribution is 2.22. The van der Waals surface area contributed by atoms with E-state index in [0.717, 1.165) is 54.2 Å². The van der Waals surface area contributed by atoms with Gasteiger partial charge in [-0.2, -0.15) is 0 Å². The van der Waals surface area contributed by atoms with Crippen LogP contribution in [0.5, 0.6) is 0 Å². The molecule has 0 radical (unpaired) electrons. The number of benzene rings is 2. The molecule has 0 bridgehead atoms. The number of rotatable bonds is 5. The average Bonchev–Trinajstić information content (AvgIpc) is 2.84. The average molecular weight is 426 g/mol. The molecule has 5 rings (SSSR count). The standard InChI is InChI=1S/C26H27N5O/c1-19-5-10-24-20(16-19)17-21(26(32)29-24)18-28-22-6-8-23(9-7-22)30-12-14-31(15-13-30)25-4-2-3-11-27-25/h2-11,16-17,28H,12-15,18H2,1H3,(H,29,32). The van der Waals surface area contributed by atoms with Crippen molar-refractivity contribution in [2.24, 2.45) is 0 Å². The zero-order valence-electron chi connectivity index (χ0n) is 18.2. The molecule has 1 fully saturated rings. The van der Waals surface area contributed by atoms with Gasteiger partial charge in [-0.25, -0.2) is 4.98 Å². The molecule has 6 nitrogen and oxygen atoms in total. The summed E-state index contributed by atoms with van der Waals surface area (Å²) in [5.41, 5.74) is 4.96. The van der Waals surface area contributed by atoms with E-state index >= 15 is 0 Å². The number of pyridine rings is 2. The molecule has 2 N–H and O–H groups in total. The first-order valence-electron chi connectivity index (χ1n) is 11.0. The summed E-state index contributed by atoms with van der Waals surface area (Å²) in [5.74, 6) is 1.05. The third-order valence-corrected chi connectivity index (χ3v) is 6.05. The van der Waals surface area contributed by atoms with E-state index in [0.29, 0.717) is 6.54 Å². The number of anilines is 3. The van der Waals surface area contributed by atoms with Crippen molar-refractivity contribution >= 4 is 28.1 Å². The van der Waals surface area contributed by atoms with Gasteiger partial charge in [0.1, 0.15) is 5.82 Å². The summed E-state index contributed by atoms with van der Waals surface area (Å²) < 4.78 is 0. The van der Waals surface area contributed by atoms with E-state index < -0.39 is 0 Å². The molecule has 4 aromatic rings. The van der Waals surface area contributed by atoms with Crippen LogP contribution in [0.4, 0.5) is 17.2 Å². The second-order valence-corrected chi connectivity index (χ2v) is 8.28. The van der Waals surface area contributed by atoms with Gasteiger partial charge >= 0.3 is 0 Å². The van der Waals surface area contributed by atoms with Crippen LogP contribution in [0.2, 0.25) is 0 Å². The maximum atomic E-state index is 12.4. The van der Waals surface area contributed by atoms with Crippen molar-refractivity contribution in [3.8, 4) is 0 Å². The number of aromatic amines is 1. The molecule has 0 unspecified atom stereocenters. The molecule has 2 aromatic heterocycles. The van der Waals surface area contributed by atoms with E-state index in [9.17, 15) is 4.79 Å². The maximum Gasteiger partial charge on any atom is 0.253 e. The fraction of sp³-hybridized carbons (Fsp3) is 0.231. The molecule has 0 aliphatic carbocycles. The van der Waals surface area contributed by atoms with Gasteiger partial charge in [-0.15, -0.1) is 0 Å². The first-order chi connectivity index (χ1) is 15.7. The summed E-state index contributed by atoms with van der Waals surface area (Å²) in [6.45, 7) is 6.40. The summed E-state index contributed by atoms with van der Waals surface area (Å²) in [5, 5.41) is 4.44. The Balaban J connectivity index is 1.21. The van der Waals surface area contributed by atoms with E-state index in [1.165, 1.54) is 11.3 Å². The highest BCUT2D eigenvalue weighted by Gasteiger charge is 2.18. The summed E-state index contributed by atoms with van der Waals surface area (Å²) in [4.78, 5) is 24.6. The largest absolute Gasteiger partial charge is 0.381 e. The van der Waals surface area contributed by atoms with Crippen molar-refractivity contribution in [2.75, 3.05) is 41.3 Å². The lowest BCUT2D eigenvalue weighted by molar-refractivity contribution is 0.647. The van der Waals surface area contributed by atoms with Gasteiger partial charge < -0.3 is 20.1 Å². The van der Waals surface area contributed by atoms with Crippen molar-refractivity contribution in [2.45, 2.75) is 13.5 Å². The minimum atomic E-state index is -0.0451. The number of fused-ring (bicyclic) bond motifs is 1. The quantitative estimate of drug-likeness (QED) is 0.502. The van der Waals surface area contributed by atoms with Crippen LogP contribution in [0.25, 0.3) is 10.9 Å². The van der Waals surface area contributed by atoms with E-state index in [4.69, 9.17) is 0 Å². The number of hydrogen-bond donors (Lipinski definition) is 2. The molecule has 1 saturated heterocycles. The minimum absolute atomic E-state index is 0.0451. The van der Waals surface area contributed by atoms with Crippen molar-refractivity contribution in [3.05, 3.63) is 94.4 Å². The molecular formula is C26H27N5O. The molecule has 32 heavy (non-hydrogen) atoms. The molecule has 3 heterocycles. The third kappa shape index (κ3) is 4.30. The topological polar surface area (TPSA) is 64.3 Å². The SMILES string of the molecule is Cc1ccc2[nH]c(=O)c(CNc3ccc(N4CCN(c5ccccn5)CC4)cc3)cc2c1. The molecule has 1 aliphatic heterocycles. The minimum Gasteiger partial charge on any atom is -0.381 e. The van der Waals surface area contributed by atoms with Crippen molar-refractivity contribution in [3.63, 3.8) is 0 Å². The van der Waals surface area contributed by atoms with Crippen LogP contribution in [0.1, 0.15) is 11.1 Å². The van der Waals surface area contributed by atoms with Gasteiger partial charge in [-0.1, -0.05) is 17.7 Å². The lowest BCUT2D eigenvalue weighted by atomic mass is 10.1. The van der Waals surface area contributed by atoms with Gasteiger partial charge in [-0.3, -0.25) is 4.79 Å². The number of nitrogens with one attached hydrogen (secondary N) is 2. The van der Waals surface area contributed by atoms with Crippen LogP contribution in [0.15, 0.2) is 77.7 Å². The number of aromatic nitrogens is 2. The Hall–Kier alpha value is -3.80. The van der Waals surface area contributed by atoms with Crippen LogP contribution < -0.4 is 20.7 Å². The summed E-state index contributed by atoms with van der Waals surface area (Å²) >= 11 is 0. The molecule has 0 amide bonds. The monoisotopic (exact) mass is 425 g/mol. The van der Waals surface area contributed by atoms with Crippen molar-refractivity contribution in [1.29, 1.82) is 0 Å². The Morgan fingerprint density at radius 3 is 2.47 bits per heavy atom. The third-order valence-electron chi connectivity index (χ3n) is 6.05. The maximum absolute atomic E-state index is 12.4. The van der Waals surface area contributed by atoms with Gasteiger partial charge in [-0.05, 0) is 66.9 Å². The van der Waals surface area contributed by atoms with Gasteiger partial charge in [0, 0.05) is 61.4 Å². The van der Waals surface area contributed by atoms with Crippen molar-refractivity contribution < 1.29 is 0 Å². The van der Waals surface area contributed by atoms with E-state index in [1.807, 2.05) is 36.5 Å². The predicted octanol–water partition coefficient (Wildman–Crippen LogP) is 4.17. The molecule has 0 spiro atoms. The summed E-state index contributed by atoms with van der Waals surface area (Å²) in [6, 6.07) is 22.5. The van der Waals surface area contributed by atoms with Crippen LogP contribution in [0.3, 0.4) is 0 Å². The normalized spacial score (nSPS) is 14.0. The summed E-state index contributed by atoms with van der Waals surface area (Å²) in [7, 11) is 0. The Labute approximate surface area is 187 Å². The second kappa shape index (κ2) is 8.75. The van der Waals surface area contributed by atoms with Gasteiger partial charge in [0.2, 0.25) is 0 Å².